The second-order valence-electron chi connectivity index (χ2n) is 3.26. The maximum Gasteiger partial charge on any atom is 0.407 e. The molecule has 0 fully saturated rings. The van der Waals surface area contributed by atoms with Gasteiger partial charge in [0.1, 0.15) is 0 Å². The van der Waals surface area contributed by atoms with Crippen LogP contribution in [-0.2, 0) is 11.3 Å². The lowest BCUT2D eigenvalue weighted by molar-refractivity contribution is 0.151. The number of alkyl carbamates (subject to hydrolysis) is 1. The molecular weight excluding hydrogens is 222 g/mol. The molecule has 0 aliphatic carbocycles. The van der Waals surface area contributed by atoms with E-state index in [-0.39, 0.29) is 0 Å². The molecule has 94 valence electrons. The molecule has 1 amide bonds. The molecule has 5 nitrogen and oxygen atoms in total. The molecule has 0 radical (unpaired) electrons. The van der Waals surface area contributed by atoms with E-state index in [4.69, 9.17) is 14.2 Å². The molecule has 0 aliphatic heterocycles. The summed E-state index contributed by atoms with van der Waals surface area (Å²) >= 11 is 0. The van der Waals surface area contributed by atoms with Crippen molar-refractivity contribution in [1.82, 2.24) is 5.32 Å². The van der Waals surface area contributed by atoms with Gasteiger partial charge in [0.25, 0.3) is 0 Å². The van der Waals surface area contributed by atoms with Gasteiger partial charge in [-0.25, -0.2) is 4.79 Å². The van der Waals surface area contributed by atoms with Gasteiger partial charge in [-0.15, -0.1) is 0 Å². The molecule has 0 aliphatic rings. The molecule has 0 bridgehead atoms. The van der Waals surface area contributed by atoms with Crippen LogP contribution < -0.4 is 14.8 Å². The minimum absolute atomic E-state index is 0.359. The Hall–Kier alpha value is -1.91. The van der Waals surface area contributed by atoms with E-state index in [1.807, 2.05) is 12.1 Å². The lowest BCUT2D eigenvalue weighted by atomic mass is 10.2. The van der Waals surface area contributed by atoms with Crippen LogP contribution >= 0.6 is 0 Å². The van der Waals surface area contributed by atoms with Gasteiger partial charge in [-0.1, -0.05) is 6.07 Å². The van der Waals surface area contributed by atoms with E-state index < -0.39 is 6.09 Å². The maximum atomic E-state index is 11.1. The maximum absolute atomic E-state index is 11.1. The van der Waals surface area contributed by atoms with Crippen molar-refractivity contribution < 1.29 is 19.0 Å². The Morgan fingerprint density at radius 3 is 2.53 bits per heavy atom. The van der Waals surface area contributed by atoms with Crippen LogP contribution in [-0.4, -0.2) is 26.9 Å². The highest BCUT2D eigenvalue weighted by molar-refractivity contribution is 5.67. The van der Waals surface area contributed by atoms with Crippen LogP contribution in [0.3, 0.4) is 0 Å². The third-order valence-corrected chi connectivity index (χ3v) is 2.16. The topological polar surface area (TPSA) is 56.8 Å². The molecule has 1 aromatic carbocycles. The zero-order valence-electron chi connectivity index (χ0n) is 10.3. The largest absolute Gasteiger partial charge is 0.493 e. The lowest BCUT2D eigenvalue weighted by Crippen LogP contribution is -2.23. The predicted molar refractivity (Wildman–Crippen MR) is 63.4 cm³/mol. The smallest absolute Gasteiger partial charge is 0.407 e. The second kappa shape index (κ2) is 6.62. The number of amides is 1. The minimum Gasteiger partial charge on any atom is -0.493 e. The first-order chi connectivity index (χ1) is 8.21. The summed E-state index contributed by atoms with van der Waals surface area (Å²) in [6, 6.07) is 5.46. The van der Waals surface area contributed by atoms with Crippen molar-refractivity contribution in [3.8, 4) is 11.5 Å². The number of carbonyl (C=O) groups is 1. The number of hydrogen-bond donors (Lipinski definition) is 1. The summed E-state index contributed by atoms with van der Waals surface area (Å²) < 4.78 is 15.0. The van der Waals surface area contributed by atoms with E-state index in [1.54, 1.807) is 27.2 Å². The second-order valence-corrected chi connectivity index (χ2v) is 3.26. The Balaban J connectivity index is 2.63. The quantitative estimate of drug-likeness (QED) is 0.853. The van der Waals surface area contributed by atoms with Crippen LogP contribution in [0.2, 0.25) is 0 Å². The summed E-state index contributed by atoms with van der Waals surface area (Å²) in [7, 11) is 3.15. The van der Waals surface area contributed by atoms with Crippen molar-refractivity contribution in [3.05, 3.63) is 23.8 Å². The Morgan fingerprint density at radius 1 is 1.24 bits per heavy atom. The number of rotatable bonds is 5. The SMILES string of the molecule is CCOC(=O)NCc1ccc(OC)c(OC)c1. The highest BCUT2D eigenvalue weighted by Gasteiger charge is 2.05. The third-order valence-electron chi connectivity index (χ3n) is 2.16. The van der Waals surface area contributed by atoms with Gasteiger partial charge in [-0.2, -0.15) is 0 Å². The minimum atomic E-state index is -0.428. The number of ether oxygens (including phenoxy) is 3. The number of carbonyl (C=O) groups excluding carboxylic acids is 1. The summed E-state index contributed by atoms with van der Waals surface area (Å²) in [4.78, 5) is 11.1. The van der Waals surface area contributed by atoms with Gasteiger partial charge in [0.05, 0.1) is 20.8 Å². The molecule has 1 N–H and O–H groups in total. The van der Waals surface area contributed by atoms with Crippen LogP contribution in [0.4, 0.5) is 4.79 Å². The molecule has 0 saturated heterocycles. The molecular formula is C12H17NO4. The van der Waals surface area contributed by atoms with Crippen LogP contribution in [0, 0.1) is 0 Å². The van der Waals surface area contributed by atoms with Crippen LogP contribution in [0.25, 0.3) is 0 Å². The zero-order valence-corrected chi connectivity index (χ0v) is 10.3. The summed E-state index contributed by atoms with van der Waals surface area (Å²) in [5, 5.41) is 2.63. The van der Waals surface area contributed by atoms with Gasteiger partial charge in [0, 0.05) is 6.54 Å². The van der Waals surface area contributed by atoms with Gasteiger partial charge in [0.15, 0.2) is 11.5 Å². The summed E-state index contributed by atoms with van der Waals surface area (Å²) in [5.74, 6) is 1.29. The van der Waals surface area contributed by atoms with E-state index in [9.17, 15) is 4.79 Å². The fourth-order valence-corrected chi connectivity index (χ4v) is 1.35. The van der Waals surface area contributed by atoms with Gasteiger partial charge in [-0.3, -0.25) is 0 Å². The highest BCUT2D eigenvalue weighted by atomic mass is 16.5. The van der Waals surface area contributed by atoms with Crippen molar-refractivity contribution in [1.29, 1.82) is 0 Å². The standard InChI is InChI=1S/C12H17NO4/c1-4-17-12(14)13-8-9-5-6-10(15-2)11(7-9)16-3/h5-7H,4,8H2,1-3H3,(H,13,14). The van der Waals surface area contributed by atoms with E-state index in [1.165, 1.54) is 0 Å². The predicted octanol–water partition coefficient (Wildman–Crippen LogP) is 1.95. The van der Waals surface area contributed by atoms with Crippen LogP contribution in [0.5, 0.6) is 11.5 Å². The first kappa shape index (κ1) is 13.2. The molecule has 0 spiro atoms. The molecule has 1 aromatic rings. The first-order valence-electron chi connectivity index (χ1n) is 5.32. The number of hydrogen-bond acceptors (Lipinski definition) is 4. The Labute approximate surface area is 101 Å². The van der Waals surface area contributed by atoms with E-state index in [0.29, 0.717) is 24.7 Å². The Bertz CT molecular complexity index is 379. The van der Waals surface area contributed by atoms with Crippen molar-refractivity contribution >= 4 is 6.09 Å². The van der Waals surface area contributed by atoms with E-state index >= 15 is 0 Å². The number of benzene rings is 1. The molecule has 0 unspecified atom stereocenters. The summed E-state index contributed by atoms with van der Waals surface area (Å²) in [6.07, 6.45) is -0.428. The van der Waals surface area contributed by atoms with Crippen molar-refractivity contribution in [2.75, 3.05) is 20.8 Å². The van der Waals surface area contributed by atoms with Gasteiger partial charge in [0.2, 0.25) is 0 Å². The Kier molecular flexibility index (Phi) is 5.13. The first-order valence-corrected chi connectivity index (χ1v) is 5.32. The fraction of sp³-hybridized carbons (Fsp3) is 0.417. The lowest BCUT2D eigenvalue weighted by Gasteiger charge is -2.10. The Morgan fingerprint density at radius 2 is 1.94 bits per heavy atom. The molecule has 5 heteroatoms. The molecule has 0 aromatic heterocycles. The van der Waals surface area contributed by atoms with Crippen molar-refractivity contribution in [3.63, 3.8) is 0 Å². The van der Waals surface area contributed by atoms with Crippen LogP contribution in [0.1, 0.15) is 12.5 Å². The van der Waals surface area contributed by atoms with Crippen LogP contribution in [0.15, 0.2) is 18.2 Å². The summed E-state index contributed by atoms with van der Waals surface area (Å²) in [6.45, 7) is 2.51. The zero-order chi connectivity index (χ0) is 12.7. The number of nitrogens with one attached hydrogen (secondary N) is 1. The molecule has 1 rings (SSSR count). The third kappa shape index (κ3) is 3.86. The molecule has 17 heavy (non-hydrogen) atoms. The van der Waals surface area contributed by atoms with Crippen molar-refractivity contribution in [2.24, 2.45) is 0 Å². The molecule has 0 atom stereocenters. The molecule has 0 saturated carbocycles. The fourth-order valence-electron chi connectivity index (χ4n) is 1.35. The van der Waals surface area contributed by atoms with E-state index in [0.717, 1.165) is 5.56 Å². The highest BCUT2D eigenvalue weighted by Crippen LogP contribution is 2.27. The van der Waals surface area contributed by atoms with Gasteiger partial charge < -0.3 is 19.5 Å². The monoisotopic (exact) mass is 239 g/mol. The molecule has 0 heterocycles. The average Bonchev–Trinajstić information content (AvgIpc) is 2.36. The van der Waals surface area contributed by atoms with E-state index in [2.05, 4.69) is 5.32 Å². The van der Waals surface area contributed by atoms with Gasteiger partial charge in [-0.05, 0) is 24.6 Å². The van der Waals surface area contributed by atoms with Gasteiger partial charge >= 0.3 is 6.09 Å². The van der Waals surface area contributed by atoms with Crippen molar-refractivity contribution in [2.45, 2.75) is 13.5 Å². The average molecular weight is 239 g/mol. The summed E-state index contributed by atoms with van der Waals surface area (Å²) in [5.41, 5.74) is 0.913. The number of methoxy groups -OCH3 is 2. The normalized spacial score (nSPS) is 9.59.